The fourth-order valence-electron chi connectivity index (χ4n) is 25.2. The summed E-state index contributed by atoms with van der Waals surface area (Å²) < 4.78 is 21.7. The Morgan fingerprint density at radius 3 is 0.680 bits per heavy atom. The molecule has 8 saturated heterocycles. The van der Waals surface area contributed by atoms with Gasteiger partial charge in [-0.15, -0.1) is 0 Å². The van der Waals surface area contributed by atoms with Crippen molar-refractivity contribution in [2.75, 3.05) is 68.5 Å². The normalized spacial score (nSPS) is 28.5. The lowest BCUT2D eigenvalue weighted by atomic mass is 9.78. The van der Waals surface area contributed by atoms with E-state index in [2.05, 4.69) is 353 Å². The molecule has 11 aliphatic heterocycles. The maximum atomic E-state index is 7.28. The van der Waals surface area contributed by atoms with Crippen LogP contribution in [0.4, 0.5) is 0 Å². The van der Waals surface area contributed by atoms with Gasteiger partial charge in [0.15, 0.2) is 0 Å². The van der Waals surface area contributed by atoms with Crippen LogP contribution >= 0.6 is 0 Å². The SMILES string of the molecule is CN1C(C)(C)CC(OC2=NN(OC3CC(C)(C)N(C)C(C)(C)C3)NC(N(CCCCCCN(C3=CC(OC4CC(C)(C)N(C)C(C)(C)C4)=NN(OC4CC(C)(C)N(C)C(C)(C)C4)N3)C3CC(C)(C)NC(C)(C)C3)CCCCCCN(C3=CC(OC4CC(C)(C)N(C)C(C)(C)C4)=NN(OC4CC(C)(C)N(C)C(C)(C)C4)N3)C3CC(C)(C)NC(C)(C)C3)=C2)CC1(C)C. The van der Waals surface area contributed by atoms with Gasteiger partial charge in [0.2, 0.25) is 17.7 Å². The first-order chi connectivity index (χ1) is 57.1. The summed E-state index contributed by atoms with van der Waals surface area (Å²) in [4.78, 5) is 44.5. The summed E-state index contributed by atoms with van der Waals surface area (Å²) in [5, 5.41) is 28.8. The molecule has 0 bridgehead atoms. The van der Waals surface area contributed by atoms with E-state index in [4.69, 9.17) is 44.0 Å². The highest BCUT2D eigenvalue weighted by Gasteiger charge is 2.53. The minimum absolute atomic E-state index is 0.0352. The Morgan fingerprint density at radius 1 is 0.264 bits per heavy atom. The maximum absolute atomic E-state index is 7.28. The number of likely N-dealkylation sites (tertiary alicyclic amines) is 6. The lowest BCUT2D eigenvalue weighted by molar-refractivity contribution is -0.256. The number of hydrazine groups is 3. The van der Waals surface area contributed by atoms with Crippen LogP contribution in [-0.2, 0) is 28.7 Å². The van der Waals surface area contributed by atoms with Crippen molar-refractivity contribution in [2.45, 2.75) is 513 Å². The molecule has 5 N–H and O–H groups in total. The fourth-order valence-corrected chi connectivity index (χ4v) is 25.2. The molecule has 0 aliphatic carbocycles. The number of hydrogen-bond donors (Lipinski definition) is 5. The summed E-state index contributed by atoms with van der Waals surface area (Å²) in [5.74, 6) is 4.69. The number of hydrogen-bond acceptors (Lipinski definition) is 26. The molecule has 718 valence electrons. The topological polar surface area (TPSA) is 191 Å². The van der Waals surface area contributed by atoms with E-state index in [-0.39, 0.29) is 137 Å². The molecular formula is C99H186N20O6. The van der Waals surface area contributed by atoms with Crippen molar-refractivity contribution >= 4 is 17.7 Å². The van der Waals surface area contributed by atoms with Crippen molar-refractivity contribution in [1.82, 2.24) is 86.9 Å². The number of hydrazone groups is 3. The van der Waals surface area contributed by atoms with Crippen LogP contribution in [0.2, 0.25) is 0 Å². The van der Waals surface area contributed by atoms with Gasteiger partial charge < -0.3 is 39.5 Å². The van der Waals surface area contributed by atoms with Gasteiger partial charge in [-0.1, -0.05) is 56.8 Å². The van der Waals surface area contributed by atoms with E-state index < -0.39 is 0 Å². The first kappa shape index (κ1) is 101. The Hall–Kier alpha value is -4.61. The molecule has 0 amide bonds. The van der Waals surface area contributed by atoms with E-state index in [1.165, 1.54) is 0 Å². The van der Waals surface area contributed by atoms with Gasteiger partial charge in [0, 0.05) is 184 Å². The molecule has 11 rings (SSSR count). The van der Waals surface area contributed by atoms with E-state index in [0.29, 0.717) is 17.7 Å². The lowest BCUT2D eigenvalue weighted by Gasteiger charge is -2.54. The maximum Gasteiger partial charge on any atom is 0.239 e. The zero-order valence-electron chi connectivity index (χ0n) is 86.8. The van der Waals surface area contributed by atoms with Gasteiger partial charge in [0.1, 0.15) is 35.8 Å². The van der Waals surface area contributed by atoms with Crippen molar-refractivity contribution in [2.24, 2.45) is 15.3 Å². The van der Waals surface area contributed by atoms with Crippen molar-refractivity contribution < 1.29 is 28.7 Å². The van der Waals surface area contributed by atoms with Crippen LogP contribution in [0, 0.1) is 0 Å². The van der Waals surface area contributed by atoms with Gasteiger partial charge in [0.05, 0.1) is 18.3 Å². The minimum atomic E-state index is -0.104. The molecule has 8 fully saturated rings. The number of piperidine rings is 8. The molecule has 11 heterocycles. The fraction of sp³-hybridized carbons (Fsp3) is 0.909. The second-order valence-corrected chi connectivity index (χ2v) is 51.1. The predicted molar refractivity (Wildman–Crippen MR) is 512 cm³/mol. The zero-order chi connectivity index (χ0) is 92.8. The highest BCUT2D eigenvalue weighted by Crippen LogP contribution is 2.47. The van der Waals surface area contributed by atoms with Gasteiger partial charge in [0.25, 0.3) is 0 Å². The van der Waals surface area contributed by atoms with Crippen LogP contribution in [0.25, 0.3) is 0 Å². The molecule has 0 aromatic rings. The molecule has 125 heavy (non-hydrogen) atoms. The van der Waals surface area contributed by atoms with Crippen LogP contribution in [-0.4, -0.2) is 283 Å². The Bertz CT molecular complexity index is 3540. The molecule has 26 nitrogen and oxygen atoms in total. The smallest absolute Gasteiger partial charge is 0.239 e. The standard InChI is InChI=1S/C99H186N20O6/c1-84(2)54-70(55-85(3,4)106-84)115(79-52-82(121-73-60-90(13,14)109(34)91(15,16)61-73)104-118(101-79)124-76-66-96(25,26)112(37)97(27,28)67-76)49-45-41-39-43-47-114(78-51-81(120-72-58-88(9,10)108(33)89(11,12)59-72)103-117(100-78)123-75-64-94(21,22)111(36)95(23,24)65-75)48-44-40-42-46-50-116(71-56-86(5,6)107-87(7,8)57-71)80-53-83(122-74-62-92(17,18)110(35)93(19,20)63-74)105-119(102-80)125-77-68-98(29,30)113(38)99(31,32)69-77/h51-53,70-77,100-102,106-107H,39-50,54-69H2,1-38H3. The molecular weight excluding hydrogens is 1570 g/mol. The van der Waals surface area contributed by atoms with Crippen LogP contribution in [0.15, 0.2) is 51.0 Å². The van der Waals surface area contributed by atoms with Gasteiger partial charge in [-0.2, -0.15) is 0 Å². The number of ether oxygens (including phenoxy) is 3. The zero-order valence-corrected chi connectivity index (χ0v) is 86.8. The number of unbranched alkanes of at least 4 members (excludes halogenated alkanes) is 6. The molecule has 0 unspecified atom stereocenters. The van der Waals surface area contributed by atoms with E-state index in [1.54, 1.807) is 15.8 Å². The molecule has 0 radical (unpaired) electrons. The first-order valence-electron chi connectivity index (χ1n) is 49.0. The summed E-state index contributed by atoms with van der Waals surface area (Å²) in [6.07, 6.45) is 28.7. The van der Waals surface area contributed by atoms with E-state index in [1.807, 2.05) is 0 Å². The molecule has 11 aliphatic rings. The third-order valence-electron chi connectivity index (χ3n) is 32.5. The Kier molecular flexibility index (Phi) is 29.4. The monoisotopic (exact) mass is 1750 g/mol. The molecule has 0 atom stereocenters. The minimum Gasteiger partial charge on any atom is -0.473 e. The average Bonchev–Trinajstić information content (AvgIpc) is 0.763. The van der Waals surface area contributed by atoms with Gasteiger partial charge in [-0.25, -0.2) is 30.8 Å². The number of nitrogens with zero attached hydrogens (tertiary/aromatic N) is 15. The second kappa shape index (κ2) is 36.4. The second-order valence-electron chi connectivity index (χ2n) is 51.1. The largest absolute Gasteiger partial charge is 0.473 e. The van der Waals surface area contributed by atoms with Crippen LogP contribution in [0.3, 0.4) is 0 Å². The van der Waals surface area contributed by atoms with E-state index in [0.717, 1.165) is 198 Å². The third-order valence-corrected chi connectivity index (χ3v) is 32.5. The first-order valence-corrected chi connectivity index (χ1v) is 49.0. The average molecular weight is 1750 g/mol. The van der Waals surface area contributed by atoms with E-state index >= 15 is 0 Å². The lowest BCUT2D eigenvalue weighted by Crippen LogP contribution is -2.63. The molecule has 26 heteroatoms. The molecule has 0 saturated carbocycles. The van der Waals surface area contributed by atoms with Gasteiger partial charge in [-0.3, -0.25) is 29.4 Å². The quantitative estimate of drug-likeness (QED) is 0.0464. The van der Waals surface area contributed by atoms with Crippen molar-refractivity contribution in [3.05, 3.63) is 35.7 Å². The predicted octanol–water partition coefficient (Wildman–Crippen LogP) is 17.3. The van der Waals surface area contributed by atoms with Crippen LogP contribution < -0.4 is 26.9 Å². The summed E-state index contributed by atoms with van der Waals surface area (Å²) in [7, 11) is 13.6. The van der Waals surface area contributed by atoms with Crippen molar-refractivity contribution in [3.63, 3.8) is 0 Å². The highest BCUT2D eigenvalue weighted by molar-refractivity contribution is 5.89. The van der Waals surface area contributed by atoms with Crippen molar-refractivity contribution in [3.8, 4) is 0 Å². The summed E-state index contributed by atoms with van der Waals surface area (Å²) in [6.45, 7) is 78.6. The Balaban J connectivity index is 0.869. The van der Waals surface area contributed by atoms with Gasteiger partial charge in [-0.05, 0) is 354 Å². The van der Waals surface area contributed by atoms with Crippen molar-refractivity contribution in [1.29, 1.82) is 0 Å². The summed E-state index contributed by atoms with van der Waals surface area (Å²) in [6, 6.07) is 0.434. The molecule has 0 spiro atoms. The summed E-state index contributed by atoms with van der Waals surface area (Å²) in [5.41, 5.74) is 10.1. The van der Waals surface area contributed by atoms with Gasteiger partial charge >= 0.3 is 0 Å². The number of nitrogens with one attached hydrogen (secondary N) is 5. The molecule has 0 aromatic heterocycles. The Labute approximate surface area is 761 Å². The number of rotatable bonds is 28. The Morgan fingerprint density at radius 2 is 0.456 bits per heavy atom. The van der Waals surface area contributed by atoms with E-state index in [9.17, 15) is 0 Å². The van der Waals surface area contributed by atoms with Crippen LogP contribution in [0.1, 0.15) is 376 Å². The molecule has 0 aromatic carbocycles. The summed E-state index contributed by atoms with van der Waals surface area (Å²) >= 11 is 0. The van der Waals surface area contributed by atoms with Crippen LogP contribution in [0.5, 0.6) is 0 Å². The third kappa shape index (κ3) is 24.8. The highest BCUT2D eigenvalue weighted by atomic mass is 16.8.